The average molecular weight is 552 g/mol. The molecular formula is C28H36Cl2N2O5. The topological polar surface area (TPSA) is 71.5 Å². The van der Waals surface area contributed by atoms with Crippen LogP contribution < -0.4 is 14.2 Å². The van der Waals surface area contributed by atoms with Crippen LogP contribution in [-0.4, -0.2) is 72.9 Å². The maximum absolute atomic E-state index is 11.7. The van der Waals surface area contributed by atoms with E-state index in [2.05, 4.69) is 11.0 Å². The molecule has 2 aromatic carbocycles. The second-order valence-electron chi connectivity index (χ2n) is 9.89. The molecular weight excluding hydrogens is 515 g/mol. The van der Waals surface area contributed by atoms with Crippen molar-refractivity contribution in [2.75, 3.05) is 46.5 Å². The number of carbonyl (C=O) groups excluding carboxylic acids is 1. The fraction of sp³-hybridized carbons (Fsp3) is 0.536. The zero-order valence-electron chi connectivity index (χ0n) is 21.4. The molecule has 0 aliphatic carbocycles. The third-order valence-corrected chi connectivity index (χ3v) is 7.78. The van der Waals surface area contributed by atoms with Crippen molar-refractivity contribution in [2.24, 2.45) is 0 Å². The summed E-state index contributed by atoms with van der Waals surface area (Å²) in [4.78, 5) is 16.0. The number of hydrogen-bond donors (Lipinski definition) is 1. The van der Waals surface area contributed by atoms with Crippen LogP contribution in [0.1, 0.15) is 44.1 Å². The number of ether oxygens (including phenoxy) is 3. The third kappa shape index (κ3) is 7.90. The van der Waals surface area contributed by atoms with Crippen LogP contribution in [-0.2, 0) is 11.3 Å². The lowest BCUT2D eigenvalue weighted by Gasteiger charge is -2.27. The minimum Gasteiger partial charge on any atom is -0.493 e. The molecule has 2 aliphatic rings. The number of rotatable bonds is 11. The number of hydrogen-bond acceptors (Lipinski definition) is 6. The number of benzene rings is 2. The van der Waals surface area contributed by atoms with E-state index >= 15 is 0 Å². The molecule has 7 nitrogen and oxygen atoms in total. The Bertz CT molecular complexity index is 1070. The predicted molar refractivity (Wildman–Crippen MR) is 145 cm³/mol. The van der Waals surface area contributed by atoms with Gasteiger partial charge in [0.05, 0.1) is 29.4 Å². The van der Waals surface area contributed by atoms with Gasteiger partial charge in [-0.25, -0.2) is 0 Å². The van der Waals surface area contributed by atoms with Crippen molar-refractivity contribution < 1.29 is 24.1 Å². The highest BCUT2D eigenvalue weighted by Gasteiger charge is 2.31. The highest BCUT2D eigenvalue weighted by Crippen LogP contribution is 2.31. The lowest BCUT2D eigenvalue weighted by atomic mass is 9.96. The number of halogens is 2. The van der Waals surface area contributed by atoms with E-state index in [1.165, 1.54) is 0 Å². The Morgan fingerprint density at radius 1 is 0.973 bits per heavy atom. The molecule has 1 atom stereocenters. The minimum atomic E-state index is -0.893. The number of likely N-dealkylation sites (tertiary alicyclic amines) is 2. The van der Waals surface area contributed by atoms with E-state index in [4.69, 9.17) is 37.4 Å². The van der Waals surface area contributed by atoms with Gasteiger partial charge in [-0.05, 0) is 68.5 Å². The highest BCUT2D eigenvalue weighted by molar-refractivity contribution is 6.42. The highest BCUT2D eigenvalue weighted by atomic mass is 35.5. The zero-order chi connectivity index (χ0) is 26.3. The van der Waals surface area contributed by atoms with Gasteiger partial charge < -0.3 is 24.2 Å². The molecule has 9 heteroatoms. The fourth-order valence-electron chi connectivity index (χ4n) is 4.89. The average Bonchev–Trinajstić information content (AvgIpc) is 3.21. The van der Waals surface area contributed by atoms with E-state index in [9.17, 15) is 9.90 Å². The number of amides is 1. The first-order valence-electron chi connectivity index (χ1n) is 13.0. The van der Waals surface area contributed by atoms with Crippen molar-refractivity contribution in [3.63, 3.8) is 0 Å². The molecule has 2 heterocycles. The first kappa shape index (κ1) is 27.8. The minimum absolute atomic E-state index is 0.213. The molecule has 2 saturated heterocycles. The van der Waals surface area contributed by atoms with Gasteiger partial charge in [-0.2, -0.15) is 0 Å². The van der Waals surface area contributed by atoms with Gasteiger partial charge >= 0.3 is 0 Å². The van der Waals surface area contributed by atoms with Crippen molar-refractivity contribution in [1.82, 2.24) is 9.80 Å². The second kappa shape index (κ2) is 13.1. The van der Waals surface area contributed by atoms with Crippen LogP contribution in [0.25, 0.3) is 0 Å². The van der Waals surface area contributed by atoms with Gasteiger partial charge in [-0.15, -0.1) is 0 Å². The summed E-state index contributed by atoms with van der Waals surface area (Å²) in [7, 11) is 1.65. The Balaban J connectivity index is 1.25. The standard InChI is InChI=1S/C28H36Cl2N2O5/c1-35-26-17-21(6-9-25(26)36-16-4-14-32-13-2-5-27(32)33)19-31-12-3-10-28(34,11-15-31)20-37-22-7-8-23(29)24(30)18-22/h6-9,17-18,34H,2-5,10-16,19-20H2,1H3/t28-/m0/s1. The van der Waals surface area contributed by atoms with Crippen molar-refractivity contribution in [3.8, 4) is 17.2 Å². The molecule has 0 saturated carbocycles. The molecule has 0 spiro atoms. The van der Waals surface area contributed by atoms with E-state index < -0.39 is 5.60 Å². The number of methoxy groups -OCH3 is 1. The Morgan fingerprint density at radius 3 is 2.59 bits per heavy atom. The van der Waals surface area contributed by atoms with E-state index in [0.29, 0.717) is 53.2 Å². The summed E-state index contributed by atoms with van der Waals surface area (Å²) in [5.41, 5.74) is 0.236. The summed E-state index contributed by atoms with van der Waals surface area (Å²) in [6, 6.07) is 11.2. The molecule has 0 bridgehead atoms. The van der Waals surface area contributed by atoms with Gasteiger partial charge in [-0.3, -0.25) is 9.69 Å². The van der Waals surface area contributed by atoms with Gasteiger partial charge in [0, 0.05) is 38.7 Å². The van der Waals surface area contributed by atoms with E-state index in [1.54, 1.807) is 25.3 Å². The summed E-state index contributed by atoms with van der Waals surface area (Å²) in [5.74, 6) is 2.26. The first-order valence-corrected chi connectivity index (χ1v) is 13.7. The third-order valence-electron chi connectivity index (χ3n) is 7.04. The normalized spacial score (nSPS) is 20.6. The van der Waals surface area contributed by atoms with Gasteiger partial charge in [0.1, 0.15) is 12.4 Å². The van der Waals surface area contributed by atoms with Crippen LogP contribution in [0.15, 0.2) is 36.4 Å². The molecule has 0 aromatic heterocycles. The Morgan fingerprint density at radius 2 is 1.84 bits per heavy atom. The quantitative estimate of drug-likeness (QED) is 0.388. The maximum atomic E-state index is 11.7. The zero-order valence-corrected chi connectivity index (χ0v) is 22.9. The van der Waals surface area contributed by atoms with E-state index in [0.717, 1.165) is 57.5 Å². The molecule has 4 rings (SSSR count). The SMILES string of the molecule is COc1cc(CN2CCC[C@@](O)(COc3ccc(Cl)c(Cl)c3)CC2)ccc1OCCCN1CCCC1=O. The molecule has 2 aromatic rings. The summed E-state index contributed by atoms with van der Waals surface area (Å²) in [6.07, 6.45) is 4.58. The van der Waals surface area contributed by atoms with Crippen LogP contribution in [0.4, 0.5) is 0 Å². The number of carbonyl (C=O) groups is 1. The van der Waals surface area contributed by atoms with Crippen LogP contribution in [0.2, 0.25) is 10.0 Å². The fourth-order valence-corrected chi connectivity index (χ4v) is 5.18. The molecule has 2 fully saturated rings. The van der Waals surface area contributed by atoms with Crippen molar-refractivity contribution in [2.45, 2.75) is 50.7 Å². The summed E-state index contributed by atoms with van der Waals surface area (Å²) in [6.45, 7) is 4.76. The van der Waals surface area contributed by atoms with Gasteiger partial charge in [0.25, 0.3) is 0 Å². The van der Waals surface area contributed by atoms with Crippen LogP contribution in [0.5, 0.6) is 17.2 Å². The Hall–Kier alpha value is -2.19. The van der Waals surface area contributed by atoms with Crippen LogP contribution in [0, 0.1) is 0 Å². The molecule has 0 radical (unpaired) electrons. The first-order chi connectivity index (χ1) is 17.8. The summed E-state index contributed by atoms with van der Waals surface area (Å²) < 4.78 is 17.4. The van der Waals surface area contributed by atoms with Crippen LogP contribution >= 0.6 is 23.2 Å². The molecule has 2 aliphatic heterocycles. The van der Waals surface area contributed by atoms with Gasteiger partial charge in [0.15, 0.2) is 11.5 Å². The monoisotopic (exact) mass is 550 g/mol. The summed E-state index contributed by atoms with van der Waals surface area (Å²) in [5, 5.41) is 12.1. The predicted octanol–water partition coefficient (Wildman–Crippen LogP) is 5.19. The molecule has 37 heavy (non-hydrogen) atoms. The van der Waals surface area contributed by atoms with Gasteiger partial charge in [-0.1, -0.05) is 29.3 Å². The van der Waals surface area contributed by atoms with Crippen molar-refractivity contribution in [1.29, 1.82) is 0 Å². The van der Waals surface area contributed by atoms with E-state index in [-0.39, 0.29) is 12.5 Å². The van der Waals surface area contributed by atoms with E-state index in [1.807, 2.05) is 17.0 Å². The maximum Gasteiger partial charge on any atom is 0.222 e. The largest absolute Gasteiger partial charge is 0.493 e. The van der Waals surface area contributed by atoms with Gasteiger partial charge in [0.2, 0.25) is 5.91 Å². The summed E-state index contributed by atoms with van der Waals surface area (Å²) >= 11 is 12.0. The molecule has 1 N–H and O–H groups in total. The molecule has 1 amide bonds. The molecule has 202 valence electrons. The number of aliphatic hydroxyl groups is 1. The lowest BCUT2D eigenvalue weighted by molar-refractivity contribution is -0.127. The second-order valence-corrected chi connectivity index (χ2v) is 10.7. The van der Waals surface area contributed by atoms with Crippen molar-refractivity contribution in [3.05, 3.63) is 52.0 Å². The van der Waals surface area contributed by atoms with Crippen molar-refractivity contribution >= 4 is 29.1 Å². The Kier molecular flexibility index (Phi) is 9.82. The molecule has 0 unspecified atom stereocenters. The smallest absolute Gasteiger partial charge is 0.222 e. The Labute approximate surface area is 229 Å². The lowest BCUT2D eigenvalue weighted by Crippen LogP contribution is -2.37. The number of nitrogens with zero attached hydrogens (tertiary/aromatic N) is 2. The van der Waals surface area contributed by atoms with Crippen LogP contribution in [0.3, 0.4) is 0 Å².